The fraction of sp³-hybridized carbons (Fsp3) is 0.714. The number of nitrogens with one attached hydrogen (secondary N) is 1. The molecule has 0 saturated carbocycles. The Hall–Kier alpha value is -0.800. The topological polar surface area (TPSA) is 34.4 Å². The van der Waals surface area contributed by atoms with Crippen molar-refractivity contribution in [3.8, 4) is 0 Å². The highest BCUT2D eigenvalue weighted by Crippen LogP contribution is 2.05. The first-order valence-corrected chi connectivity index (χ1v) is 6.56. The van der Waals surface area contributed by atoms with Gasteiger partial charge in [-0.2, -0.15) is 0 Å². The van der Waals surface area contributed by atoms with Gasteiger partial charge in [0.15, 0.2) is 0 Å². The van der Waals surface area contributed by atoms with Crippen LogP contribution in [0.25, 0.3) is 0 Å². The molecule has 17 heavy (non-hydrogen) atoms. The van der Waals surface area contributed by atoms with Gasteiger partial charge in [-0.1, -0.05) is 0 Å². The maximum atomic E-state index is 5.49. The highest BCUT2D eigenvalue weighted by molar-refractivity contribution is 4.98. The van der Waals surface area contributed by atoms with E-state index in [-0.39, 0.29) is 0 Å². The molecule has 0 fully saturated rings. The molecule has 0 aliphatic heterocycles. The quantitative estimate of drug-likeness (QED) is 0.673. The second kappa shape index (κ2) is 8.31. The van der Waals surface area contributed by atoms with E-state index < -0.39 is 0 Å². The molecule has 98 valence electrons. The summed E-state index contributed by atoms with van der Waals surface area (Å²) in [5.74, 6) is 1.07. The van der Waals surface area contributed by atoms with Gasteiger partial charge in [0.1, 0.15) is 5.76 Å². The minimum absolute atomic E-state index is 0.339. The number of rotatable bonds is 9. The van der Waals surface area contributed by atoms with Crippen molar-refractivity contribution in [2.75, 3.05) is 13.2 Å². The van der Waals surface area contributed by atoms with Gasteiger partial charge in [-0.15, -0.1) is 0 Å². The predicted molar refractivity (Wildman–Crippen MR) is 70.2 cm³/mol. The summed E-state index contributed by atoms with van der Waals surface area (Å²) >= 11 is 0. The Morgan fingerprint density at radius 3 is 2.82 bits per heavy atom. The number of hydrogen-bond acceptors (Lipinski definition) is 3. The van der Waals surface area contributed by atoms with Crippen molar-refractivity contribution in [1.82, 2.24) is 5.32 Å². The van der Waals surface area contributed by atoms with Crippen LogP contribution in [0.4, 0.5) is 0 Å². The second-order valence-corrected chi connectivity index (χ2v) is 4.75. The van der Waals surface area contributed by atoms with E-state index in [1.807, 2.05) is 12.1 Å². The van der Waals surface area contributed by atoms with E-state index in [0.29, 0.717) is 12.1 Å². The van der Waals surface area contributed by atoms with E-state index in [1.165, 1.54) is 0 Å². The van der Waals surface area contributed by atoms with Crippen LogP contribution in [0.15, 0.2) is 22.8 Å². The molecule has 0 aliphatic carbocycles. The summed E-state index contributed by atoms with van der Waals surface area (Å²) in [6.07, 6.45) is 5.26. The van der Waals surface area contributed by atoms with Gasteiger partial charge in [0.25, 0.3) is 0 Å². The Balaban J connectivity index is 1.96. The molecule has 0 bridgehead atoms. The molecule has 3 nitrogen and oxygen atoms in total. The molecule has 3 heteroatoms. The molecule has 0 radical (unpaired) electrons. The molecule has 1 heterocycles. The smallest absolute Gasteiger partial charge is 0.103 e. The van der Waals surface area contributed by atoms with Crippen LogP contribution >= 0.6 is 0 Å². The van der Waals surface area contributed by atoms with Gasteiger partial charge in [0.2, 0.25) is 0 Å². The lowest BCUT2D eigenvalue weighted by atomic mass is 10.1. The monoisotopic (exact) mass is 239 g/mol. The van der Waals surface area contributed by atoms with Crippen LogP contribution in [0.3, 0.4) is 0 Å². The minimum Gasteiger partial charge on any atom is -0.469 e. The van der Waals surface area contributed by atoms with Crippen molar-refractivity contribution in [2.24, 2.45) is 0 Å². The average molecular weight is 239 g/mol. The summed E-state index contributed by atoms with van der Waals surface area (Å²) in [6.45, 7) is 8.21. The molecule has 0 saturated heterocycles. The lowest BCUT2D eigenvalue weighted by Crippen LogP contribution is -2.28. The van der Waals surface area contributed by atoms with Gasteiger partial charge < -0.3 is 14.5 Å². The fourth-order valence-electron chi connectivity index (χ4n) is 1.66. The first kappa shape index (κ1) is 14.3. The fourth-order valence-corrected chi connectivity index (χ4v) is 1.66. The van der Waals surface area contributed by atoms with Crippen LogP contribution in [-0.2, 0) is 11.2 Å². The molecule has 0 amide bonds. The predicted octanol–water partition coefficient (Wildman–Crippen LogP) is 3.01. The largest absolute Gasteiger partial charge is 0.469 e. The van der Waals surface area contributed by atoms with E-state index >= 15 is 0 Å². The van der Waals surface area contributed by atoms with Gasteiger partial charge in [0.05, 0.1) is 12.4 Å². The summed E-state index contributed by atoms with van der Waals surface area (Å²) < 4.78 is 10.8. The summed E-state index contributed by atoms with van der Waals surface area (Å²) in [5, 5.41) is 3.50. The molecule has 0 aliphatic rings. The van der Waals surface area contributed by atoms with Gasteiger partial charge in [-0.25, -0.2) is 0 Å². The van der Waals surface area contributed by atoms with Crippen LogP contribution < -0.4 is 5.32 Å². The highest BCUT2D eigenvalue weighted by Gasteiger charge is 2.03. The second-order valence-electron chi connectivity index (χ2n) is 4.75. The molecule has 1 aromatic heterocycles. The van der Waals surface area contributed by atoms with Crippen molar-refractivity contribution >= 4 is 0 Å². The summed E-state index contributed by atoms with van der Waals surface area (Å²) in [4.78, 5) is 0. The zero-order valence-corrected chi connectivity index (χ0v) is 11.2. The maximum Gasteiger partial charge on any atom is 0.103 e. The van der Waals surface area contributed by atoms with E-state index in [2.05, 4.69) is 26.1 Å². The maximum absolute atomic E-state index is 5.49. The Bertz CT molecular complexity index is 270. The van der Waals surface area contributed by atoms with Crippen LogP contribution in [0.2, 0.25) is 0 Å². The van der Waals surface area contributed by atoms with Crippen LogP contribution in [0.1, 0.15) is 39.4 Å². The molecule has 1 aromatic rings. The van der Waals surface area contributed by atoms with E-state index in [9.17, 15) is 0 Å². The zero-order valence-electron chi connectivity index (χ0n) is 11.2. The molecular weight excluding hydrogens is 214 g/mol. The average Bonchev–Trinajstić information content (AvgIpc) is 2.78. The Labute approximate surface area is 105 Å². The third-order valence-corrected chi connectivity index (χ3v) is 2.67. The summed E-state index contributed by atoms with van der Waals surface area (Å²) in [5.41, 5.74) is 0. The van der Waals surface area contributed by atoms with Crippen LogP contribution in [0, 0.1) is 0 Å². The number of aryl methyl sites for hydroxylation is 1. The molecule has 0 aromatic carbocycles. The first-order valence-electron chi connectivity index (χ1n) is 6.56. The number of ether oxygens (including phenoxy) is 1. The lowest BCUT2D eigenvalue weighted by Gasteiger charge is -2.13. The van der Waals surface area contributed by atoms with Crippen LogP contribution in [-0.4, -0.2) is 25.3 Å². The Morgan fingerprint density at radius 2 is 2.18 bits per heavy atom. The third-order valence-electron chi connectivity index (χ3n) is 2.67. The van der Waals surface area contributed by atoms with E-state index in [4.69, 9.17) is 9.15 Å². The number of hydrogen-bond donors (Lipinski definition) is 1. The minimum atomic E-state index is 0.339. The van der Waals surface area contributed by atoms with Crippen molar-refractivity contribution < 1.29 is 9.15 Å². The molecule has 1 rings (SSSR count). The van der Waals surface area contributed by atoms with Crippen molar-refractivity contribution in [1.29, 1.82) is 0 Å². The normalized spacial score (nSPS) is 13.2. The van der Waals surface area contributed by atoms with Gasteiger partial charge in [-0.05, 0) is 52.3 Å². The van der Waals surface area contributed by atoms with Crippen molar-refractivity contribution in [3.05, 3.63) is 24.2 Å². The highest BCUT2D eigenvalue weighted by atomic mass is 16.5. The molecule has 0 spiro atoms. The van der Waals surface area contributed by atoms with Gasteiger partial charge in [-0.3, -0.25) is 0 Å². The first-order chi connectivity index (χ1) is 8.18. The zero-order chi connectivity index (χ0) is 12.5. The lowest BCUT2D eigenvalue weighted by molar-refractivity contribution is 0.0767. The molecule has 1 atom stereocenters. The molecule has 1 unspecified atom stereocenters. The number of furan rings is 1. The van der Waals surface area contributed by atoms with Gasteiger partial charge >= 0.3 is 0 Å². The van der Waals surface area contributed by atoms with E-state index in [0.717, 1.165) is 38.2 Å². The van der Waals surface area contributed by atoms with Crippen LogP contribution in [0.5, 0.6) is 0 Å². The van der Waals surface area contributed by atoms with Crippen molar-refractivity contribution in [2.45, 2.75) is 52.2 Å². The Morgan fingerprint density at radius 1 is 1.35 bits per heavy atom. The SMILES string of the molecule is CC(CCc1ccco1)NCCCOC(C)C. The standard InChI is InChI=1S/C14H25NO2/c1-12(2)16-11-5-9-15-13(3)7-8-14-6-4-10-17-14/h4,6,10,12-13,15H,5,7-9,11H2,1-3H3. The van der Waals surface area contributed by atoms with Crippen molar-refractivity contribution in [3.63, 3.8) is 0 Å². The summed E-state index contributed by atoms with van der Waals surface area (Å²) in [6, 6.07) is 4.50. The van der Waals surface area contributed by atoms with Gasteiger partial charge in [0, 0.05) is 19.1 Å². The third kappa shape index (κ3) is 7.18. The molecular formula is C14H25NO2. The Kier molecular flexibility index (Phi) is 6.97. The molecule has 1 N–H and O–H groups in total. The summed E-state index contributed by atoms with van der Waals surface area (Å²) in [7, 11) is 0. The van der Waals surface area contributed by atoms with E-state index in [1.54, 1.807) is 6.26 Å².